The summed E-state index contributed by atoms with van der Waals surface area (Å²) in [7, 11) is 1.56. The number of ether oxygens (including phenoxy) is 1. The maximum atomic E-state index is 13.0. The third-order valence-electron chi connectivity index (χ3n) is 4.30. The van der Waals surface area contributed by atoms with Gasteiger partial charge < -0.3 is 15.0 Å². The van der Waals surface area contributed by atoms with Gasteiger partial charge in [0.05, 0.1) is 17.6 Å². The van der Waals surface area contributed by atoms with Gasteiger partial charge in [-0.05, 0) is 31.0 Å². The maximum absolute atomic E-state index is 13.0. The number of methoxy groups -OCH3 is 1. The Morgan fingerprint density at radius 2 is 2.17 bits per heavy atom. The lowest BCUT2D eigenvalue weighted by molar-refractivity contribution is -0.380. The van der Waals surface area contributed by atoms with Crippen molar-refractivity contribution in [1.29, 1.82) is 0 Å². The Balaban J connectivity index is 1.75. The van der Waals surface area contributed by atoms with Gasteiger partial charge in [-0.15, -0.1) is 0 Å². The second kappa shape index (κ2) is 5.48. The summed E-state index contributed by atoms with van der Waals surface area (Å²) in [5.41, 5.74) is 2.03. The van der Waals surface area contributed by atoms with Gasteiger partial charge >= 0.3 is 5.00 Å². The van der Waals surface area contributed by atoms with Crippen LogP contribution in [0.25, 0.3) is 0 Å². The molecule has 0 spiro atoms. The summed E-state index contributed by atoms with van der Waals surface area (Å²) in [6.45, 7) is 0. The molecule has 7 nitrogen and oxygen atoms in total. The third kappa shape index (κ3) is 2.39. The predicted octanol–water partition coefficient (Wildman–Crippen LogP) is 3.39. The first kappa shape index (κ1) is 14.9. The Kier molecular flexibility index (Phi) is 3.42. The number of nitrogens with zero attached hydrogens (tertiary/aromatic N) is 2. The van der Waals surface area contributed by atoms with Gasteiger partial charge in [0.15, 0.2) is 0 Å². The lowest BCUT2D eigenvalue weighted by Crippen LogP contribution is -2.44. The Labute approximate surface area is 142 Å². The van der Waals surface area contributed by atoms with Crippen molar-refractivity contribution in [1.82, 2.24) is 4.90 Å². The van der Waals surface area contributed by atoms with Crippen LogP contribution in [0.15, 0.2) is 29.6 Å². The van der Waals surface area contributed by atoms with Crippen molar-refractivity contribution in [3.05, 3.63) is 50.9 Å². The van der Waals surface area contributed by atoms with Gasteiger partial charge in [-0.3, -0.25) is 14.9 Å². The number of carbonyl (C=O) groups is 1. The molecule has 1 aliphatic carbocycles. The monoisotopic (exact) mass is 345 g/mol. The molecule has 2 heterocycles. The SMILES string of the molecule is COc1ccc2c(c1)C(=O)N(C1CC1)C(c1csc([N+](=O)[O-])c1)N2. The number of amides is 1. The van der Waals surface area contributed by atoms with E-state index in [1.165, 1.54) is 0 Å². The fourth-order valence-electron chi connectivity index (χ4n) is 2.98. The fraction of sp³-hybridized carbons (Fsp3) is 0.312. The zero-order valence-corrected chi connectivity index (χ0v) is 13.7. The second-order valence-corrected chi connectivity index (χ2v) is 6.77. The highest BCUT2D eigenvalue weighted by Gasteiger charge is 2.42. The zero-order valence-electron chi connectivity index (χ0n) is 12.9. The molecule has 0 bridgehead atoms. The first-order valence-corrected chi connectivity index (χ1v) is 8.46. The molecule has 0 radical (unpaired) electrons. The van der Waals surface area contributed by atoms with Gasteiger partial charge in [0.2, 0.25) is 0 Å². The van der Waals surface area contributed by atoms with Crippen LogP contribution in [0.3, 0.4) is 0 Å². The highest BCUT2D eigenvalue weighted by molar-refractivity contribution is 7.13. The highest BCUT2D eigenvalue weighted by Crippen LogP contribution is 2.43. The van der Waals surface area contributed by atoms with Crippen LogP contribution in [0.4, 0.5) is 10.7 Å². The van der Waals surface area contributed by atoms with Crippen molar-refractivity contribution in [2.75, 3.05) is 12.4 Å². The minimum Gasteiger partial charge on any atom is -0.497 e. The minimum absolute atomic E-state index is 0.0657. The quantitative estimate of drug-likeness (QED) is 0.678. The normalized spacial score (nSPS) is 19.6. The van der Waals surface area contributed by atoms with E-state index in [0.717, 1.165) is 35.4 Å². The summed E-state index contributed by atoms with van der Waals surface area (Å²) in [6.07, 6.45) is 1.53. The molecule has 1 amide bonds. The van der Waals surface area contributed by atoms with Crippen molar-refractivity contribution in [2.45, 2.75) is 25.0 Å². The van der Waals surface area contributed by atoms with Crippen molar-refractivity contribution in [3.8, 4) is 5.75 Å². The average molecular weight is 345 g/mol. The largest absolute Gasteiger partial charge is 0.497 e. The van der Waals surface area contributed by atoms with Gasteiger partial charge in [0.25, 0.3) is 5.91 Å². The number of carbonyl (C=O) groups excluding carboxylic acids is 1. The smallest absolute Gasteiger partial charge is 0.324 e. The number of thiophene rings is 1. The molecule has 1 atom stereocenters. The molecule has 2 aromatic rings. The first-order chi connectivity index (χ1) is 11.6. The van der Waals surface area contributed by atoms with E-state index >= 15 is 0 Å². The van der Waals surface area contributed by atoms with Crippen molar-refractivity contribution in [2.24, 2.45) is 0 Å². The van der Waals surface area contributed by atoms with Crippen LogP contribution in [-0.2, 0) is 0 Å². The lowest BCUT2D eigenvalue weighted by atomic mass is 10.0. The van der Waals surface area contributed by atoms with E-state index in [2.05, 4.69) is 5.32 Å². The highest BCUT2D eigenvalue weighted by atomic mass is 32.1. The van der Waals surface area contributed by atoms with Crippen LogP contribution in [0.1, 0.15) is 34.9 Å². The van der Waals surface area contributed by atoms with Gasteiger partial charge in [-0.25, -0.2) is 0 Å². The van der Waals surface area contributed by atoms with E-state index < -0.39 is 4.92 Å². The van der Waals surface area contributed by atoms with Crippen molar-refractivity contribution in [3.63, 3.8) is 0 Å². The zero-order chi connectivity index (χ0) is 16.8. The van der Waals surface area contributed by atoms with Gasteiger partial charge in [-0.1, -0.05) is 11.3 Å². The number of fused-ring (bicyclic) bond motifs is 1. The molecule has 4 rings (SSSR count). The molecule has 1 unspecified atom stereocenters. The number of nitrogens with one attached hydrogen (secondary N) is 1. The molecule has 1 aliphatic heterocycles. The molecule has 2 aliphatic rings. The van der Waals surface area contributed by atoms with E-state index in [0.29, 0.717) is 11.3 Å². The number of hydrogen-bond acceptors (Lipinski definition) is 6. The average Bonchev–Trinajstić information content (AvgIpc) is 3.29. The number of rotatable bonds is 4. The summed E-state index contributed by atoms with van der Waals surface area (Å²) in [6, 6.07) is 7.04. The molecular weight excluding hydrogens is 330 g/mol. The fourth-order valence-corrected chi connectivity index (χ4v) is 3.72. The van der Waals surface area contributed by atoms with E-state index in [1.54, 1.807) is 35.6 Å². The van der Waals surface area contributed by atoms with E-state index in [-0.39, 0.29) is 23.1 Å². The predicted molar refractivity (Wildman–Crippen MR) is 89.5 cm³/mol. The number of benzene rings is 1. The Bertz CT molecular complexity index is 830. The molecule has 8 heteroatoms. The Morgan fingerprint density at radius 1 is 1.38 bits per heavy atom. The maximum Gasteiger partial charge on any atom is 0.324 e. The number of hydrogen-bond donors (Lipinski definition) is 1. The van der Waals surface area contributed by atoms with Gasteiger partial charge in [0.1, 0.15) is 11.9 Å². The minimum atomic E-state index is -0.404. The van der Waals surface area contributed by atoms with Crippen LogP contribution in [-0.4, -0.2) is 28.9 Å². The van der Waals surface area contributed by atoms with Crippen LogP contribution in [0, 0.1) is 10.1 Å². The molecule has 1 aromatic carbocycles. The standard InChI is InChI=1S/C16H15N3O4S/c1-23-11-4-5-13-12(7-11)16(20)18(10-2-3-10)15(17-13)9-6-14(19(21)22)24-8-9/h4-8,10,15,17H,2-3H2,1H3. The first-order valence-electron chi connectivity index (χ1n) is 7.58. The van der Waals surface area contributed by atoms with Gasteiger partial charge in [-0.2, -0.15) is 0 Å². The van der Waals surface area contributed by atoms with Crippen molar-refractivity contribution < 1.29 is 14.5 Å². The Morgan fingerprint density at radius 3 is 2.79 bits per heavy atom. The van der Waals surface area contributed by atoms with Crippen LogP contribution >= 0.6 is 11.3 Å². The second-order valence-electron chi connectivity index (χ2n) is 5.88. The number of nitro groups is 1. The summed E-state index contributed by atoms with van der Waals surface area (Å²) >= 11 is 1.08. The molecular formula is C16H15N3O4S. The van der Waals surface area contributed by atoms with E-state index in [9.17, 15) is 14.9 Å². The van der Waals surface area contributed by atoms with E-state index in [4.69, 9.17) is 4.74 Å². The molecule has 24 heavy (non-hydrogen) atoms. The molecule has 0 saturated heterocycles. The van der Waals surface area contributed by atoms with Crippen LogP contribution in [0.2, 0.25) is 0 Å². The van der Waals surface area contributed by atoms with Gasteiger partial charge in [0, 0.05) is 28.7 Å². The topological polar surface area (TPSA) is 84.7 Å². The molecule has 124 valence electrons. The third-order valence-corrected chi connectivity index (χ3v) is 5.20. The molecule has 1 aromatic heterocycles. The molecule has 1 saturated carbocycles. The van der Waals surface area contributed by atoms with E-state index in [1.807, 2.05) is 6.07 Å². The number of anilines is 1. The summed E-state index contributed by atoms with van der Waals surface area (Å²) in [5.74, 6) is 0.563. The molecule has 1 N–H and O–H groups in total. The summed E-state index contributed by atoms with van der Waals surface area (Å²) in [4.78, 5) is 25.3. The van der Waals surface area contributed by atoms with Crippen LogP contribution < -0.4 is 10.1 Å². The summed E-state index contributed by atoms with van der Waals surface area (Å²) < 4.78 is 5.21. The van der Waals surface area contributed by atoms with Crippen molar-refractivity contribution >= 4 is 27.9 Å². The Hall–Kier alpha value is -2.61. The molecule has 1 fully saturated rings. The van der Waals surface area contributed by atoms with Crippen LogP contribution in [0.5, 0.6) is 5.75 Å². The summed E-state index contributed by atoms with van der Waals surface area (Å²) in [5, 5.41) is 16.1. The lowest BCUT2D eigenvalue weighted by Gasteiger charge is -2.38.